The molecule has 1 unspecified atom stereocenters. The molecule has 0 saturated carbocycles. The van der Waals surface area contributed by atoms with Crippen LogP contribution in [0.1, 0.15) is 6.42 Å². The Kier molecular flexibility index (Phi) is 8.51. The molecule has 0 aromatic heterocycles. The molecule has 0 aromatic carbocycles. The Bertz CT molecular complexity index is 350. The van der Waals surface area contributed by atoms with E-state index in [4.69, 9.17) is 17.1 Å². The fourth-order valence-electron chi connectivity index (χ4n) is 2.61. The van der Waals surface area contributed by atoms with E-state index in [-0.39, 0.29) is 0 Å². The fourth-order valence-corrected chi connectivity index (χ4v) is 20.5. The van der Waals surface area contributed by atoms with E-state index in [9.17, 15) is 0 Å². The van der Waals surface area contributed by atoms with Gasteiger partial charge in [-0.1, -0.05) is 6.58 Å². The van der Waals surface area contributed by atoms with Crippen LogP contribution >= 0.6 is 0 Å². The van der Waals surface area contributed by atoms with Crippen LogP contribution in [-0.4, -0.2) is 40.4 Å². The smallest absolute Gasteiger partial charge is 0.315 e. The molecule has 0 aliphatic heterocycles. The minimum absolute atomic E-state index is 0.668. The Morgan fingerprint density at radius 3 is 1.68 bits per heavy atom. The van der Waals surface area contributed by atoms with Crippen LogP contribution < -0.4 is 0 Å². The average molecular weight is 381 g/mol. The van der Waals surface area contributed by atoms with Crippen LogP contribution in [0, 0.1) is 0 Å². The first-order chi connectivity index (χ1) is 9.68. The van der Waals surface area contributed by atoms with Crippen LogP contribution in [-0.2, 0) is 17.1 Å². The molecular weight excluding hydrogens is 344 g/mol. The maximum atomic E-state index is 6.58. The van der Waals surface area contributed by atoms with Crippen molar-refractivity contribution in [2.24, 2.45) is 0 Å². The zero-order chi connectivity index (χ0) is 17.7. The molecule has 0 aliphatic rings. The number of hydrogen-bond acceptors (Lipinski definition) is 4. The van der Waals surface area contributed by atoms with E-state index < -0.39 is 33.8 Å². The van der Waals surface area contributed by atoms with Gasteiger partial charge in [-0.15, -0.1) is 0 Å². The Morgan fingerprint density at radius 2 is 1.27 bits per heavy atom. The topological polar surface area (TPSA) is 36.9 Å². The summed E-state index contributed by atoms with van der Waals surface area (Å²) in [4.78, 5) is 0. The molecule has 0 saturated heterocycles. The van der Waals surface area contributed by atoms with Gasteiger partial charge >= 0.3 is 17.1 Å². The van der Waals surface area contributed by atoms with Gasteiger partial charge < -0.3 is 17.1 Å². The van der Waals surface area contributed by atoms with E-state index in [2.05, 4.69) is 65.5 Å². The minimum atomic E-state index is -2.26. The highest BCUT2D eigenvalue weighted by Crippen LogP contribution is 2.27. The predicted molar refractivity (Wildman–Crippen MR) is 105 cm³/mol. The van der Waals surface area contributed by atoms with Gasteiger partial charge in [-0.2, -0.15) is 0 Å². The van der Waals surface area contributed by atoms with Gasteiger partial charge in [0.2, 0.25) is 0 Å². The number of hydrogen-bond donors (Lipinski definition) is 0. The maximum absolute atomic E-state index is 6.58. The van der Waals surface area contributed by atoms with E-state index >= 15 is 0 Å². The molecule has 0 spiro atoms. The summed E-state index contributed by atoms with van der Waals surface area (Å²) in [7, 11) is -7.73. The van der Waals surface area contributed by atoms with E-state index in [1.54, 1.807) is 0 Å². The van der Waals surface area contributed by atoms with Gasteiger partial charge in [-0.3, -0.25) is 0 Å². The van der Waals surface area contributed by atoms with Gasteiger partial charge in [0.25, 0.3) is 0 Å². The lowest BCUT2D eigenvalue weighted by Gasteiger charge is -2.41. The van der Waals surface area contributed by atoms with Crippen molar-refractivity contribution >= 4 is 33.8 Å². The average Bonchev–Trinajstić information content (AvgIpc) is 2.16. The summed E-state index contributed by atoms with van der Waals surface area (Å²) in [5.74, 6) is 0. The van der Waals surface area contributed by atoms with Crippen molar-refractivity contribution in [1.29, 1.82) is 0 Å². The molecule has 0 radical (unpaired) electrons. The Hall–Kier alpha value is 0.288. The van der Waals surface area contributed by atoms with Gasteiger partial charge in [0.1, 0.15) is 0 Å². The normalized spacial score (nSPS) is 16.2. The third-order valence-electron chi connectivity index (χ3n) is 2.55. The molecule has 0 aromatic rings. The summed E-state index contributed by atoms with van der Waals surface area (Å²) in [6.07, 6.45) is 2.42. The molecule has 0 fully saturated rings. The van der Waals surface area contributed by atoms with Crippen LogP contribution in [0.25, 0.3) is 0 Å². The molecule has 0 amide bonds. The first-order valence-corrected chi connectivity index (χ1v) is 20.2. The highest BCUT2D eigenvalue weighted by molar-refractivity contribution is 6.89. The SMILES string of the molecule is C=COCCC[Si](C)(O[Si](C)(C)C)O[Si](C)(C)O[Si](C)(C)C. The molecule has 0 N–H and O–H groups in total. The number of ether oxygens (including phenoxy) is 1. The zero-order valence-corrected chi connectivity index (χ0v) is 20.0. The summed E-state index contributed by atoms with van der Waals surface area (Å²) >= 11 is 0. The second kappa shape index (κ2) is 8.40. The second-order valence-corrected chi connectivity index (χ2v) is 24.7. The third kappa shape index (κ3) is 11.8. The zero-order valence-electron chi connectivity index (χ0n) is 16.0. The summed E-state index contributed by atoms with van der Waals surface area (Å²) < 4.78 is 24.7. The van der Waals surface area contributed by atoms with Gasteiger partial charge in [0.15, 0.2) is 16.6 Å². The lowest BCUT2D eigenvalue weighted by molar-refractivity contribution is 0.244. The Balaban J connectivity index is 4.94. The molecule has 132 valence electrons. The maximum Gasteiger partial charge on any atom is 0.315 e. The largest absolute Gasteiger partial charge is 0.502 e. The first-order valence-electron chi connectivity index (χ1n) is 8.01. The van der Waals surface area contributed by atoms with Crippen molar-refractivity contribution in [2.45, 2.75) is 71.4 Å². The molecule has 0 heterocycles. The first kappa shape index (κ1) is 22.3. The van der Waals surface area contributed by atoms with Crippen molar-refractivity contribution in [2.75, 3.05) is 6.61 Å². The van der Waals surface area contributed by atoms with Crippen LogP contribution in [0.4, 0.5) is 0 Å². The lowest BCUT2D eigenvalue weighted by Crippen LogP contribution is -2.56. The van der Waals surface area contributed by atoms with Crippen LogP contribution in [0.3, 0.4) is 0 Å². The van der Waals surface area contributed by atoms with Crippen LogP contribution in [0.2, 0.25) is 65.0 Å². The molecule has 4 nitrogen and oxygen atoms in total. The molecule has 22 heavy (non-hydrogen) atoms. The molecule has 0 rings (SSSR count). The standard InChI is InChI=1S/C14H36O4Si4/c1-11-15-13-12-14-22(10,17-20(5,6)7)18-21(8,9)16-19(2,3)4/h11H,1,12-14H2,2-10H3. The van der Waals surface area contributed by atoms with E-state index in [0.29, 0.717) is 6.61 Å². The Labute approximate surface area is 142 Å². The van der Waals surface area contributed by atoms with Crippen molar-refractivity contribution < 1.29 is 17.1 Å². The molecule has 8 heteroatoms. The summed E-state index contributed by atoms with van der Waals surface area (Å²) in [6, 6.07) is 0.927. The van der Waals surface area contributed by atoms with Gasteiger partial charge in [0.05, 0.1) is 12.9 Å². The molecule has 0 bridgehead atoms. The predicted octanol–water partition coefficient (Wildman–Crippen LogP) is 5.03. The Morgan fingerprint density at radius 1 is 0.773 bits per heavy atom. The van der Waals surface area contributed by atoms with E-state index in [1.807, 2.05) is 0 Å². The molecule has 1 atom stereocenters. The van der Waals surface area contributed by atoms with Crippen molar-refractivity contribution in [3.8, 4) is 0 Å². The van der Waals surface area contributed by atoms with Crippen LogP contribution in [0.5, 0.6) is 0 Å². The van der Waals surface area contributed by atoms with Crippen LogP contribution in [0.15, 0.2) is 12.8 Å². The number of rotatable bonds is 11. The molecule has 0 aliphatic carbocycles. The van der Waals surface area contributed by atoms with Gasteiger partial charge in [-0.05, 0) is 71.4 Å². The third-order valence-corrected chi connectivity index (χ3v) is 16.1. The molecular formula is C14H36O4Si4. The van der Waals surface area contributed by atoms with Crippen molar-refractivity contribution in [3.05, 3.63) is 12.8 Å². The summed E-state index contributed by atoms with van der Waals surface area (Å²) in [5, 5.41) is 0. The highest BCUT2D eigenvalue weighted by atomic mass is 28.5. The van der Waals surface area contributed by atoms with E-state index in [0.717, 1.165) is 12.5 Å². The quantitative estimate of drug-likeness (QED) is 0.286. The van der Waals surface area contributed by atoms with Crippen molar-refractivity contribution in [1.82, 2.24) is 0 Å². The van der Waals surface area contributed by atoms with Gasteiger partial charge in [0, 0.05) is 0 Å². The van der Waals surface area contributed by atoms with Crippen molar-refractivity contribution in [3.63, 3.8) is 0 Å². The highest BCUT2D eigenvalue weighted by Gasteiger charge is 2.44. The summed E-state index contributed by atoms with van der Waals surface area (Å²) in [6.45, 7) is 24.0. The summed E-state index contributed by atoms with van der Waals surface area (Å²) in [5.41, 5.74) is 0. The minimum Gasteiger partial charge on any atom is -0.502 e. The lowest BCUT2D eigenvalue weighted by atomic mass is 10.5. The monoisotopic (exact) mass is 380 g/mol. The second-order valence-electron chi connectivity index (χ2n) is 8.21. The van der Waals surface area contributed by atoms with Gasteiger partial charge in [-0.25, -0.2) is 0 Å². The van der Waals surface area contributed by atoms with E-state index in [1.165, 1.54) is 6.26 Å². The fraction of sp³-hybridized carbons (Fsp3) is 0.857.